The summed E-state index contributed by atoms with van der Waals surface area (Å²) in [5.41, 5.74) is 2.84. The average Bonchev–Trinajstić information content (AvgIpc) is 3.74. The van der Waals surface area contributed by atoms with Gasteiger partial charge in [0.1, 0.15) is 17.1 Å². The second-order valence-electron chi connectivity index (χ2n) is 11.2. The molecule has 4 heterocycles. The van der Waals surface area contributed by atoms with Crippen LogP contribution < -0.4 is 9.47 Å². The number of amides is 1. The van der Waals surface area contributed by atoms with Gasteiger partial charge >= 0.3 is 5.97 Å². The van der Waals surface area contributed by atoms with E-state index in [-0.39, 0.29) is 53.2 Å². The minimum atomic E-state index is -1.06. The molecule has 1 spiro atoms. The normalized spacial score (nSPS) is 17.4. The number of carboxylic acids is 1. The van der Waals surface area contributed by atoms with Crippen LogP contribution in [0.1, 0.15) is 69.2 Å². The SMILES string of the molecule is COc1cc(C(=O)N2CCC3(CC2)CC(=O)c2cc(-c4cncc(C(=O)O)c4)ccc2O3)cc2c1ccn2C1CC1.[Na]. The first-order valence-electron chi connectivity index (χ1n) is 13.9. The first-order valence-corrected chi connectivity index (χ1v) is 13.9. The maximum atomic E-state index is 13.6. The smallest absolute Gasteiger partial charge is 0.337 e. The summed E-state index contributed by atoms with van der Waals surface area (Å²) in [6.45, 7) is 0.967. The van der Waals surface area contributed by atoms with Crippen molar-refractivity contribution in [1.29, 1.82) is 0 Å². The molecule has 2 fully saturated rings. The Hall–Kier alpha value is -3.66. The van der Waals surface area contributed by atoms with Gasteiger partial charge in [-0.2, -0.15) is 0 Å². The quantitative estimate of drug-likeness (QED) is 0.334. The molecule has 3 aliphatic rings. The maximum Gasteiger partial charge on any atom is 0.337 e. The van der Waals surface area contributed by atoms with Crippen molar-refractivity contribution in [3.8, 4) is 22.6 Å². The topological polar surface area (TPSA) is 111 Å². The number of pyridine rings is 1. The molecule has 1 saturated heterocycles. The standard InChI is InChI=1S/C32H29N3O6.Na/c1-40-29-15-20(14-26-24(29)6-9-35(26)23-3-4-23)30(37)34-10-7-32(8-11-34)16-27(36)25-13-19(2-5-28(25)41-32)21-12-22(31(38)39)18-33-17-21;/h2,5-6,9,12-15,17-18,23H,3-4,7-8,10-11,16H2,1H3,(H,38,39);. The fourth-order valence-corrected chi connectivity index (χ4v) is 6.16. The zero-order valence-corrected chi connectivity index (χ0v) is 25.6. The number of ether oxygens (including phenoxy) is 2. The first-order chi connectivity index (χ1) is 19.8. The van der Waals surface area contributed by atoms with Crippen molar-refractivity contribution in [1.82, 2.24) is 14.5 Å². The van der Waals surface area contributed by atoms with Gasteiger partial charge in [-0.3, -0.25) is 14.6 Å². The molecule has 2 aromatic carbocycles. The molecule has 0 bridgehead atoms. The van der Waals surface area contributed by atoms with E-state index in [1.807, 2.05) is 29.2 Å². The van der Waals surface area contributed by atoms with Crippen LogP contribution in [-0.2, 0) is 0 Å². The monoisotopic (exact) mass is 574 g/mol. The molecule has 209 valence electrons. The largest absolute Gasteiger partial charge is 0.496 e. The van der Waals surface area contributed by atoms with Crippen LogP contribution in [0.4, 0.5) is 0 Å². The molecule has 9 nitrogen and oxygen atoms in total. The molecule has 10 heteroatoms. The summed E-state index contributed by atoms with van der Waals surface area (Å²) in [5.74, 6) is 0.0831. The van der Waals surface area contributed by atoms with E-state index in [0.29, 0.717) is 65.7 Å². The molecule has 1 N–H and O–H groups in total. The minimum Gasteiger partial charge on any atom is -0.496 e. The van der Waals surface area contributed by atoms with Gasteiger partial charge < -0.3 is 24.0 Å². The van der Waals surface area contributed by atoms with Gasteiger partial charge in [-0.25, -0.2) is 4.79 Å². The molecule has 2 aliphatic heterocycles. The maximum absolute atomic E-state index is 13.6. The Labute approximate surface area is 264 Å². The molecule has 7 rings (SSSR count). The Morgan fingerprint density at radius 2 is 1.81 bits per heavy atom. The van der Waals surface area contributed by atoms with Gasteiger partial charge in [-0.05, 0) is 54.8 Å². The second-order valence-corrected chi connectivity index (χ2v) is 11.2. The Balaban J connectivity index is 0.00000316. The van der Waals surface area contributed by atoms with E-state index < -0.39 is 11.6 Å². The van der Waals surface area contributed by atoms with Gasteiger partial charge in [0.2, 0.25) is 0 Å². The molecule has 42 heavy (non-hydrogen) atoms. The van der Waals surface area contributed by atoms with E-state index in [1.54, 1.807) is 25.4 Å². The Kier molecular flexibility index (Phi) is 7.37. The number of aromatic carboxylic acids is 1. The zero-order chi connectivity index (χ0) is 28.3. The van der Waals surface area contributed by atoms with Crippen molar-refractivity contribution >= 4 is 58.1 Å². The van der Waals surface area contributed by atoms with Gasteiger partial charge in [0, 0.05) is 96.6 Å². The van der Waals surface area contributed by atoms with Gasteiger partial charge in [0.15, 0.2) is 5.78 Å². The summed E-state index contributed by atoms with van der Waals surface area (Å²) < 4.78 is 14.3. The van der Waals surface area contributed by atoms with Crippen LogP contribution in [-0.4, -0.2) is 92.6 Å². The number of nitrogens with zero attached hydrogens (tertiary/aromatic N) is 3. The number of Topliss-reactive ketones (excluding diaryl/α,β-unsaturated/α-hetero) is 1. The molecule has 1 aliphatic carbocycles. The summed E-state index contributed by atoms with van der Waals surface area (Å²) in [6.07, 6.45) is 8.57. The number of hydrogen-bond acceptors (Lipinski definition) is 6. The fourth-order valence-electron chi connectivity index (χ4n) is 6.16. The Morgan fingerprint density at radius 3 is 2.52 bits per heavy atom. The Bertz CT molecular complexity index is 1740. The minimum absolute atomic E-state index is 0. The number of carbonyl (C=O) groups is 3. The van der Waals surface area contributed by atoms with Crippen LogP contribution in [0.5, 0.6) is 11.5 Å². The van der Waals surface area contributed by atoms with E-state index in [9.17, 15) is 19.5 Å². The number of aromatic nitrogens is 2. The van der Waals surface area contributed by atoms with E-state index >= 15 is 0 Å². The molecule has 1 radical (unpaired) electrons. The molecular formula is C32H29N3NaO6. The summed E-state index contributed by atoms with van der Waals surface area (Å²) in [4.78, 5) is 44.2. The van der Waals surface area contributed by atoms with E-state index in [4.69, 9.17) is 9.47 Å². The van der Waals surface area contributed by atoms with Crippen molar-refractivity contribution < 1.29 is 29.0 Å². The van der Waals surface area contributed by atoms with Gasteiger partial charge in [-0.15, -0.1) is 0 Å². The number of likely N-dealkylation sites (tertiary alicyclic amines) is 1. The number of carboxylic acid groups (broad SMARTS) is 1. The van der Waals surface area contributed by atoms with Gasteiger partial charge in [-0.1, -0.05) is 6.07 Å². The van der Waals surface area contributed by atoms with Crippen LogP contribution in [0.2, 0.25) is 0 Å². The van der Waals surface area contributed by atoms with E-state index in [0.717, 1.165) is 23.7 Å². The number of hydrogen-bond donors (Lipinski definition) is 1. The van der Waals surface area contributed by atoms with Crippen molar-refractivity contribution in [3.05, 3.63) is 77.7 Å². The van der Waals surface area contributed by atoms with E-state index in [1.165, 1.54) is 12.3 Å². The zero-order valence-electron chi connectivity index (χ0n) is 23.6. The van der Waals surface area contributed by atoms with Gasteiger partial charge in [0.25, 0.3) is 5.91 Å². The number of rotatable bonds is 5. The van der Waals surface area contributed by atoms with Crippen LogP contribution in [0, 0.1) is 0 Å². The molecule has 1 amide bonds. The number of methoxy groups -OCH3 is 1. The molecule has 0 atom stereocenters. The number of fused-ring (bicyclic) bond motifs is 2. The third-order valence-corrected chi connectivity index (χ3v) is 8.58. The van der Waals surface area contributed by atoms with Crippen LogP contribution >= 0.6 is 0 Å². The molecule has 2 aromatic heterocycles. The van der Waals surface area contributed by atoms with Crippen LogP contribution in [0.3, 0.4) is 0 Å². The fraction of sp³-hybridized carbons (Fsp3) is 0.312. The van der Waals surface area contributed by atoms with Crippen molar-refractivity contribution in [2.45, 2.75) is 43.7 Å². The third kappa shape index (κ3) is 4.99. The number of ketones is 1. The number of benzene rings is 2. The van der Waals surface area contributed by atoms with Crippen molar-refractivity contribution in [2.75, 3.05) is 20.2 Å². The summed E-state index contributed by atoms with van der Waals surface area (Å²) in [7, 11) is 1.63. The predicted octanol–water partition coefficient (Wildman–Crippen LogP) is 5.00. The predicted molar refractivity (Wildman–Crippen MR) is 157 cm³/mol. The van der Waals surface area contributed by atoms with E-state index in [2.05, 4.69) is 15.7 Å². The molecular weight excluding hydrogens is 545 g/mol. The summed E-state index contributed by atoms with van der Waals surface area (Å²) >= 11 is 0. The molecule has 4 aromatic rings. The van der Waals surface area contributed by atoms with Gasteiger partial charge in [0.05, 0.1) is 30.2 Å². The van der Waals surface area contributed by atoms with Crippen LogP contribution in [0.15, 0.2) is 61.1 Å². The summed E-state index contributed by atoms with van der Waals surface area (Å²) in [6, 6.07) is 13.2. The molecule has 0 unspecified atom stereocenters. The first kappa shape index (κ1) is 28.5. The van der Waals surface area contributed by atoms with Crippen molar-refractivity contribution in [3.63, 3.8) is 0 Å². The second kappa shape index (κ2) is 10.9. The summed E-state index contributed by atoms with van der Waals surface area (Å²) in [5, 5.41) is 10.3. The number of piperidine rings is 1. The van der Waals surface area contributed by atoms with Crippen molar-refractivity contribution in [2.24, 2.45) is 0 Å². The third-order valence-electron chi connectivity index (χ3n) is 8.58. The molecule has 1 saturated carbocycles. The van der Waals surface area contributed by atoms with Crippen LogP contribution in [0.25, 0.3) is 22.0 Å². The average molecular weight is 575 g/mol. The number of carbonyl (C=O) groups excluding carboxylic acids is 2. The Morgan fingerprint density at radius 1 is 1.02 bits per heavy atom.